The average molecular weight is 551 g/mol. The van der Waals surface area contributed by atoms with Gasteiger partial charge in [0.1, 0.15) is 52.6 Å². The Balaban J connectivity index is 1.41. The highest BCUT2D eigenvalue weighted by molar-refractivity contribution is 5.94. The molecule has 0 saturated carbocycles. The van der Waals surface area contributed by atoms with Crippen LogP contribution >= 0.6 is 0 Å². The third kappa shape index (κ3) is 5.99. The first kappa shape index (κ1) is 27.3. The third-order valence-electron chi connectivity index (χ3n) is 6.51. The highest BCUT2D eigenvalue weighted by Gasteiger charge is 2.31. The summed E-state index contributed by atoms with van der Waals surface area (Å²) in [7, 11) is 0. The van der Waals surface area contributed by atoms with Crippen molar-refractivity contribution in [1.29, 1.82) is 5.26 Å². The summed E-state index contributed by atoms with van der Waals surface area (Å²) in [5, 5.41) is 9.94. The Labute approximate surface area is 237 Å². The van der Waals surface area contributed by atoms with E-state index in [1.165, 1.54) is 6.07 Å². The van der Waals surface area contributed by atoms with Crippen molar-refractivity contribution in [1.82, 2.24) is 0 Å². The van der Waals surface area contributed by atoms with Crippen LogP contribution in [0, 0.1) is 17.1 Å². The fourth-order valence-electron chi connectivity index (χ4n) is 4.54. The number of fused-ring (bicyclic) bond motifs is 1. The predicted molar refractivity (Wildman–Crippen MR) is 150 cm³/mol. The molecule has 2 N–H and O–H groups in total. The Morgan fingerprint density at radius 2 is 1.78 bits per heavy atom. The summed E-state index contributed by atoms with van der Waals surface area (Å²) in [4.78, 5) is 13.0. The molecule has 0 aliphatic carbocycles. The Kier molecular flexibility index (Phi) is 8.16. The lowest BCUT2D eigenvalue weighted by molar-refractivity contribution is 0.0730. The number of esters is 1. The van der Waals surface area contributed by atoms with Crippen LogP contribution < -0.4 is 24.7 Å². The SMILES string of the molecule is CCCOc1ccccc1C(=O)Oc1ccc2c(c1)OC(N)=C(C#N)C2c1cccc(OCc2ccccc2F)c1. The second-order valence-electron chi connectivity index (χ2n) is 9.31. The highest BCUT2D eigenvalue weighted by Crippen LogP contribution is 2.44. The summed E-state index contributed by atoms with van der Waals surface area (Å²) in [5.74, 6) is -0.000226. The maximum atomic E-state index is 14.1. The van der Waals surface area contributed by atoms with Crippen LogP contribution in [0.1, 0.15) is 46.3 Å². The predicted octanol–water partition coefficient (Wildman–Crippen LogP) is 6.63. The molecule has 4 aromatic carbocycles. The van der Waals surface area contributed by atoms with Crippen LogP contribution in [-0.4, -0.2) is 12.6 Å². The van der Waals surface area contributed by atoms with Crippen molar-refractivity contribution in [3.63, 3.8) is 0 Å². The molecule has 0 radical (unpaired) electrons. The molecule has 0 amide bonds. The van der Waals surface area contributed by atoms with Crippen LogP contribution in [0.25, 0.3) is 0 Å². The molecule has 206 valence electrons. The van der Waals surface area contributed by atoms with E-state index < -0.39 is 11.9 Å². The quantitative estimate of drug-likeness (QED) is 0.184. The van der Waals surface area contributed by atoms with Crippen molar-refractivity contribution in [3.05, 3.63) is 131 Å². The topological polar surface area (TPSA) is 104 Å². The highest BCUT2D eigenvalue weighted by atomic mass is 19.1. The van der Waals surface area contributed by atoms with E-state index in [2.05, 4.69) is 6.07 Å². The molecule has 0 saturated heterocycles. The number of halogens is 1. The summed E-state index contributed by atoms with van der Waals surface area (Å²) in [6.45, 7) is 2.50. The van der Waals surface area contributed by atoms with E-state index in [0.29, 0.717) is 40.5 Å². The lowest BCUT2D eigenvalue weighted by Crippen LogP contribution is -2.21. The molecule has 41 heavy (non-hydrogen) atoms. The van der Waals surface area contributed by atoms with E-state index in [-0.39, 0.29) is 29.6 Å². The molecule has 1 heterocycles. The monoisotopic (exact) mass is 550 g/mol. The number of nitrogens with zero attached hydrogens (tertiary/aromatic N) is 1. The van der Waals surface area contributed by atoms with E-state index >= 15 is 0 Å². The molecule has 1 unspecified atom stereocenters. The second-order valence-corrected chi connectivity index (χ2v) is 9.31. The summed E-state index contributed by atoms with van der Waals surface area (Å²) < 4.78 is 37.0. The maximum absolute atomic E-state index is 14.1. The van der Waals surface area contributed by atoms with Gasteiger partial charge < -0.3 is 24.7 Å². The van der Waals surface area contributed by atoms with Crippen LogP contribution in [0.4, 0.5) is 4.39 Å². The first-order valence-electron chi connectivity index (χ1n) is 13.1. The van der Waals surface area contributed by atoms with Crippen LogP contribution in [0.5, 0.6) is 23.0 Å². The van der Waals surface area contributed by atoms with Crippen LogP contribution in [0.2, 0.25) is 0 Å². The van der Waals surface area contributed by atoms with Crippen LogP contribution in [0.15, 0.2) is 102 Å². The van der Waals surface area contributed by atoms with Gasteiger partial charge in [-0.2, -0.15) is 5.26 Å². The van der Waals surface area contributed by atoms with E-state index in [0.717, 1.165) is 12.0 Å². The van der Waals surface area contributed by atoms with Gasteiger partial charge in [-0.3, -0.25) is 0 Å². The van der Waals surface area contributed by atoms with E-state index in [1.807, 2.05) is 13.0 Å². The second kappa shape index (κ2) is 12.3. The number of benzene rings is 4. The number of hydrogen-bond donors (Lipinski definition) is 1. The van der Waals surface area contributed by atoms with Gasteiger partial charge in [-0.15, -0.1) is 0 Å². The zero-order valence-electron chi connectivity index (χ0n) is 22.3. The number of para-hydroxylation sites is 1. The van der Waals surface area contributed by atoms with Gasteiger partial charge >= 0.3 is 5.97 Å². The molecule has 0 fully saturated rings. The van der Waals surface area contributed by atoms with Crippen molar-refractivity contribution >= 4 is 5.97 Å². The fourth-order valence-corrected chi connectivity index (χ4v) is 4.54. The fraction of sp³-hybridized carbons (Fsp3) is 0.152. The minimum atomic E-state index is -0.579. The average Bonchev–Trinajstić information content (AvgIpc) is 2.99. The molecule has 1 aliphatic heterocycles. The first-order valence-corrected chi connectivity index (χ1v) is 13.1. The summed E-state index contributed by atoms with van der Waals surface area (Å²) in [6, 6.07) is 27.6. The minimum Gasteiger partial charge on any atom is -0.493 e. The molecular formula is C33H27FN2O5. The van der Waals surface area contributed by atoms with E-state index in [1.54, 1.807) is 78.9 Å². The van der Waals surface area contributed by atoms with Gasteiger partial charge in [-0.25, -0.2) is 9.18 Å². The zero-order valence-corrected chi connectivity index (χ0v) is 22.3. The third-order valence-corrected chi connectivity index (χ3v) is 6.51. The largest absolute Gasteiger partial charge is 0.493 e. The molecule has 0 spiro atoms. The number of carbonyl (C=O) groups excluding carboxylic acids is 1. The number of ether oxygens (including phenoxy) is 4. The van der Waals surface area contributed by atoms with Crippen molar-refractivity contribution in [3.8, 4) is 29.1 Å². The molecule has 0 bridgehead atoms. The number of nitriles is 1. The van der Waals surface area contributed by atoms with Gasteiger partial charge in [0.2, 0.25) is 5.88 Å². The molecular weight excluding hydrogens is 523 g/mol. The molecule has 8 heteroatoms. The van der Waals surface area contributed by atoms with Crippen molar-refractivity contribution in [2.24, 2.45) is 5.73 Å². The summed E-state index contributed by atoms with van der Waals surface area (Å²) >= 11 is 0. The first-order chi connectivity index (χ1) is 20.0. The van der Waals surface area contributed by atoms with E-state index in [9.17, 15) is 14.4 Å². The smallest absolute Gasteiger partial charge is 0.347 e. The van der Waals surface area contributed by atoms with Gasteiger partial charge in [0.05, 0.1) is 12.5 Å². The number of carbonyl (C=O) groups is 1. The Morgan fingerprint density at radius 3 is 2.59 bits per heavy atom. The number of nitrogens with two attached hydrogens (primary N) is 1. The lowest BCUT2D eigenvalue weighted by Gasteiger charge is -2.27. The molecule has 5 rings (SSSR count). The van der Waals surface area contributed by atoms with Crippen LogP contribution in [-0.2, 0) is 6.61 Å². The van der Waals surface area contributed by atoms with Gasteiger partial charge in [0, 0.05) is 17.2 Å². The molecule has 1 aliphatic rings. The van der Waals surface area contributed by atoms with Crippen molar-refractivity contribution < 1.29 is 28.1 Å². The minimum absolute atomic E-state index is 0.0465. The maximum Gasteiger partial charge on any atom is 0.347 e. The molecule has 1 atom stereocenters. The van der Waals surface area contributed by atoms with Crippen molar-refractivity contribution in [2.75, 3.05) is 6.61 Å². The van der Waals surface area contributed by atoms with Gasteiger partial charge in [-0.1, -0.05) is 55.5 Å². The molecule has 7 nitrogen and oxygen atoms in total. The van der Waals surface area contributed by atoms with Gasteiger partial charge in [0.25, 0.3) is 0 Å². The Hall–Kier alpha value is -5.29. The summed E-state index contributed by atoms with van der Waals surface area (Å²) in [6.07, 6.45) is 0.799. The summed E-state index contributed by atoms with van der Waals surface area (Å²) in [5.41, 5.74) is 8.52. The molecule has 0 aromatic heterocycles. The number of rotatable bonds is 9. The number of hydrogen-bond acceptors (Lipinski definition) is 7. The Bertz CT molecular complexity index is 1660. The van der Waals surface area contributed by atoms with Crippen molar-refractivity contribution in [2.45, 2.75) is 25.9 Å². The number of allylic oxidation sites excluding steroid dienone is 1. The normalized spacial score (nSPS) is 13.9. The van der Waals surface area contributed by atoms with Gasteiger partial charge in [0.15, 0.2) is 0 Å². The zero-order chi connectivity index (χ0) is 28.8. The van der Waals surface area contributed by atoms with Gasteiger partial charge in [-0.05, 0) is 48.4 Å². The Morgan fingerprint density at radius 1 is 0.976 bits per heavy atom. The standard InChI is InChI=1S/C33H27FN2O5/c1-2-16-38-29-13-6-4-11-26(29)33(37)40-24-14-15-25-30(18-24)41-32(36)27(19-35)31(25)21-9-7-10-23(17-21)39-20-22-8-3-5-12-28(22)34/h3-15,17-18,31H,2,16,20,36H2,1H3. The lowest BCUT2D eigenvalue weighted by atomic mass is 9.83. The van der Waals surface area contributed by atoms with Crippen LogP contribution in [0.3, 0.4) is 0 Å². The van der Waals surface area contributed by atoms with E-state index in [4.69, 9.17) is 24.7 Å². The molecule has 4 aromatic rings.